The maximum absolute atomic E-state index is 6.53. The minimum atomic E-state index is 0.953. The normalized spacial score (nSPS) is 15.0. The average Bonchev–Trinajstić information content (AvgIpc) is 3.27. The summed E-state index contributed by atoms with van der Waals surface area (Å²) in [5.41, 5.74) is 4.75. The molecule has 1 saturated heterocycles. The lowest BCUT2D eigenvalue weighted by Gasteiger charge is -2.28. The fraction of sp³-hybridized carbons (Fsp3) is 0.200. The molecule has 2 heterocycles. The number of fused-ring (bicyclic) bond motifs is 1. The number of hydrogen-bond acceptors (Lipinski definition) is 2. The van der Waals surface area contributed by atoms with E-state index in [0.29, 0.717) is 0 Å². The lowest BCUT2D eigenvalue weighted by atomic mass is 9.89. The fourth-order valence-electron chi connectivity index (χ4n) is 5.66. The number of piperidine rings is 1. The molecule has 1 aliphatic rings. The second-order valence-corrected chi connectivity index (χ2v) is 9.30. The SMILES string of the molecule is Cc1ccc2ccc3cccc4c(-c5cc6ccc(N7CCCCC7)cc6o5)cc1c2c34. The standard InChI is InChI=1S/C30H25NO/c1-19-8-9-21-11-10-20-6-5-7-24-26(18-25(19)30(21)29(20)24)28-16-22-12-13-23(17-27(22)32-28)31-14-3-2-4-15-31/h5-13,16-18H,2-4,14-15H2,1H3. The van der Waals surface area contributed by atoms with Crippen LogP contribution in [0.5, 0.6) is 0 Å². The van der Waals surface area contributed by atoms with Crippen molar-refractivity contribution in [1.82, 2.24) is 0 Å². The molecule has 0 aliphatic carbocycles. The fourth-order valence-corrected chi connectivity index (χ4v) is 5.66. The summed E-state index contributed by atoms with van der Waals surface area (Å²) in [6.07, 6.45) is 3.91. The molecule has 1 aromatic heterocycles. The van der Waals surface area contributed by atoms with Gasteiger partial charge in [0.1, 0.15) is 11.3 Å². The minimum Gasteiger partial charge on any atom is -0.456 e. The Morgan fingerprint density at radius 2 is 1.44 bits per heavy atom. The topological polar surface area (TPSA) is 16.4 Å². The summed E-state index contributed by atoms with van der Waals surface area (Å²) in [7, 11) is 0. The molecule has 5 aromatic carbocycles. The van der Waals surface area contributed by atoms with Gasteiger partial charge in [-0.3, -0.25) is 0 Å². The molecule has 6 aromatic rings. The molecule has 0 N–H and O–H groups in total. The van der Waals surface area contributed by atoms with Crippen LogP contribution in [0.4, 0.5) is 5.69 Å². The molecule has 0 spiro atoms. The summed E-state index contributed by atoms with van der Waals surface area (Å²) in [6, 6.07) is 26.8. The van der Waals surface area contributed by atoms with E-state index in [1.807, 2.05) is 0 Å². The first-order valence-corrected chi connectivity index (χ1v) is 11.7. The van der Waals surface area contributed by atoms with Gasteiger partial charge >= 0.3 is 0 Å². The Morgan fingerprint density at radius 1 is 0.688 bits per heavy atom. The van der Waals surface area contributed by atoms with E-state index >= 15 is 0 Å². The summed E-state index contributed by atoms with van der Waals surface area (Å²) in [5.74, 6) is 0.953. The predicted molar refractivity (Wildman–Crippen MR) is 136 cm³/mol. The van der Waals surface area contributed by atoms with E-state index in [2.05, 4.69) is 84.6 Å². The van der Waals surface area contributed by atoms with Crippen LogP contribution in [-0.2, 0) is 0 Å². The summed E-state index contributed by atoms with van der Waals surface area (Å²) >= 11 is 0. The van der Waals surface area contributed by atoms with Gasteiger partial charge in [0.15, 0.2) is 0 Å². The number of furan rings is 1. The van der Waals surface area contributed by atoms with Crippen molar-refractivity contribution in [2.45, 2.75) is 26.2 Å². The number of benzene rings is 5. The molecule has 0 amide bonds. The van der Waals surface area contributed by atoms with Crippen molar-refractivity contribution in [3.05, 3.63) is 78.4 Å². The van der Waals surface area contributed by atoms with Gasteiger partial charge in [0, 0.05) is 35.8 Å². The molecular weight excluding hydrogens is 390 g/mol. The molecule has 156 valence electrons. The van der Waals surface area contributed by atoms with Gasteiger partial charge in [-0.05, 0) is 88.3 Å². The summed E-state index contributed by atoms with van der Waals surface area (Å²) in [4.78, 5) is 2.49. The van der Waals surface area contributed by atoms with Gasteiger partial charge in [0.2, 0.25) is 0 Å². The largest absolute Gasteiger partial charge is 0.456 e. The van der Waals surface area contributed by atoms with E-state index in [-0.39, 0.29) is 0 Å². The van der Waals surface area contributed by atoms with Crippen molar-refractivity contribution >= 4 is 49.0 Å². The first-order chi connectivity index (χ1) is 15.8. The molecule has 1 aliphatic heterocycles. The Hall–Kier alpha value is -3.52. The predicted octanol–water partition coefficient (Wildman–Crippen LogP) is 8.30. The van der Waals surface area contributed by atoms with Crippen molar-refractivity contribution in [1.29, 1.82) is 0 Å². The lowest BCUT2D eigenvalue weighted by molar-refractivity contribution is 0.577. The van der Waals surface area contributed by atoms with Crippen LogP contribution in [-0.4, -0.2) is 13.1 Å². The molecule has 0 atom stereocenters. The minimum absolute atomic E-state index is 0.953. The van der Waals surface area contributed by atoms with E-state index in [9.17, 15) is 0 Å². The number of nitrogens with zero attached hydrogens (tertiary/aromatic N) is 1. The highest BCUT2D eigenvalue weighted by Crippen LogP contribution is 2.42. The molecule has 7 rings (SSSR count). The van der Waals surface area contributed by atoms with Crippen LogP contribution in [0, 0.1) is 6.92 Å². The Morgan fingerprint density at radius 3 is 2.31 bits per heavy atom. The molecule has 1 fully saturated rings. The Kier molecular flexibility index (Phi) is 3.81. The van der Waals surface area contributed by atoms with E-state index < -0.39 is 0 Å². The lowest BCUT2D eigenvalue weighted by Crippen LogP contribution is -2.29. The number of aryl methyl sites for hydroxylation is 1. The van der Waals surface area contributed by atoms with Crippen LogP contribution in [0.1, 0.15) is 24.8 Å². The number of hydrogen-bond donors (Lipinski definition) is 0. The zero-order valence-electron chi connectivity index (χ0n) is 18.3. The van der Waals surface area contributed by atoms with Crippen LogP contribution in [0.15, 0.2) is 77.2 Å². The van der Waals surface area contributed by atoms with E-state index in [1.54, 1.807) is 0 Å². The summed E-state index contributed by atoms with van der Waals surface area (Å²) in [5, 5.41) is 9.05. The van der Waals surface area contributed by atoms with E-state index in [0.717, 1.165) is 24.4 Å². The van der Waals surface area contributed by atoms with Gasteiger partial charge in [0.05, 0.1) is 0 Å². The van der Waals surface area contributed by atoms with Crippen molar-refractivity contribution in [3.8, 4) is 11.3 Å². The molecule has 0 bridgehead atoms. The van der Waals surface area contributed by atoms with Crippen molar-refractivity contribution in [2.24, 2.45) is 0 Å². The molecule has 2 heteroatoms. The van der Waals surface area contributed by atoms with Crippen molar-refractivity contribution < 1.29 is 4.42 Å². The van der Waals surface area contributed by atoms with Crippen LogP contribution < -0.4 is 4.90 Å². The average molecular weight is 416 g/mol. The maximum atomic E-state index is 6.53. The highest BCUT2D eigenvalue weighted by atomic mass is 16.3. The summed E-state index contributed by atoms with van der Waals surface area (Å²) in [6.45, 7) is 4.50. The first kappa shape index (κ1) is 18.1. The zero-order valence-corrected chi connectivity index (χ0v) is 18.3. The second-order valence-electron chi connectivity index (χ2n) is 9.30. The first-order valence-electron chi connectivity index (χ1n) is 11.7. The monoisotopic (exact) mass is 415 g/mol. The van der Waals surface area contributed by atoms with E-state index in [4.69, 9.17) is 4.42 Å². The summed E-state index contributed by atoms with van der Waals surface area (Å²) < 4.78 is 6.53. The highest BCUT2D eigenvalue weighted by molar-refractivity contribution is 6.26. The van der Waals surface area contributed by atoms with Gasteiger partial charge in [-0.1, -0.05) is 42.5 Å². The molecule has 0 saturated carbocycles. The van der Waals surface area contributed by atoms with Gasteiger partial charge in [-0.15, -0.1) is 0 Å². The Bertz CT molecular complexity index is 1620. The van der Waals surface area contributed by atoms with Crippen molar-refractivity contribution in [2.75, 3.05) is 18.0 Å². The quantitative estimate of drug-likeness (QED) is 0.264. The number of rotatable bonds is 2. The van der Waals surface area contributed by atoms with Crippen LogP contribution in [0.25, 0.3) is 54.6 Å². The maximum Gasteiger partial charge on any atom is 0.136 e. The molecule has 0 unspecified atom stereocenters. The van der Waals surface area contributed by atoms with Crippen LogP contribution in [0.2, 0.25) is 0 Å². The Balaban J connectivity index is 1.47. The molecule has 2 nitrogen and oxygen atoms in total. The molecule has 0 radical (unpaired) electrons. The van der Waals surface area contributed by atoms with Gasteiger partial charge < -0.3 is 9.32 Å². The van der Waals surface area contributed by atoms with Gasteiger partial charge in [-0.25, -0.2) is 0 Å². The third-order valence-corrected chi connectivity index (χ3v) is 7.35. The van der Waals surface area contributed by atoms with Crippen LogP contribution >= 0.6 is 0 Å². The molecular formula is C30H25NO. The zero-order chi connectivity index (χ0) is 21.2. The van der Waals surface area contributed by atoms with Gasteiger partial charge in [-0.2, -0.15) is 0 Å². The highest BCUT2D eigenvalue weighted by Gasteiger charge is 2.17. The number of anilines is 1. The second kappa shape index (κ2) is 6.74. The Labute approximate surface area is 187 Å². The third-order valence-electron chi connectivity index (χ3n) is 7.35. The molecule has 32 heavy (non-hydrogen) atoms. The van der Waals surface area contributed by atoms with Gasteiger partial charge in [0.25, 0.3) is 0 Å². The van der Waals surface area contributed by atoms with Crippen LogP contribution in [0.3, 0.4) is 0 Å². The third kappa shape index (κ3) is 2.59. The van der Waals surface area contributed by atoms with Crippen molar-refractivity contribution in [3.63, 3.8) is 0 Å². The smallest absolute Gasteiger partial charge is 0.136 e. The van der Waals surface area contributed by atoms with E-state index in [1.165, 1.54) is 73.8 Å².